The van der Waals surface area contributed by atoms with Gasteiger partial charge in [-0.15, -0.1) is 10.2 Å². The summed E-state index contributed by atoms with van der Waals surface area (Å²) in [6.45, 7) is 6.20. The minimum Gasteiger partial charge on any atom is -0.451 e. The zero-order valence-corrected chi connectivity index (χ0v) is 17.1. The molecule has 0 aliphatic carbocycles. The van der Waals surface area contributed by atoms with E-state index in [1.165, 1.54) is 0 Å². The number of hydrogen-bond donors (Lipinski definition) is 0. The molecule has 1 saturated heterocycles. The number of aryl methyl sites for hydroxylation is 1. The maximum Gasteiger partial charge on any atom is 0.289 e. The number of furan rings is 1. The summed E-state index contributed by atoms with van der Waals surface area (Å²) in [6.07, 6.45) is 2.97. The van der Waals surface area contributed by atoms with Crippen molar-refractivity contribution in [3.05, 3.63) is 47.2 Å². The average molecular weight is 393 g/mol. The third-order valence-electron chi connectivity index (χ3n) is 6.46. The van der Waals surface area contributed by atoms with E-state index in [1.54, 1.807) is 0 Å². The second-order valence-corrected chi connectivity index (χ2v) is 8.30. The first-order valence-corrected chi connectivity index (χ1v) is 10.5. The fourth-order valence-electron chi connectivity index (χ4n) is 4.64. The number of benzene rings is 1. The molecule has 0 bridgehead atoms. The van der Waals surface area contributed by atoms with E-state index in [9.17, 15) is 4.79 Å². The fourth-order valence-corrected chi connectivity index (χ4v) is 4.64. The number of hydrogen-bond acceptors (Lipinski definition) is 5. The third kappa shape index (κ3) is 3.23. The maximum absolute atomic E-state index is 13.2. The van der Waals surface area contributed by atoms with Crippen molar-refractivity contribution in [2.45, 2.75) is 38.6 Å². The van der Waals surface area contributed by atoms with Gasteiger partial charge in [-0.3, -0.25) is 4.79 Å². The Hall–Kier alpha value is -2.67. The van der Waals surface area contributed by atoms with E-state index in [0.717, 1.165) is 67.1 Å². The van der Waals surface area contributed by atoms with Gasteiger partial charge in [0.2, 0.25) is 0 Å². The highest BCUT2D eigenvalue weighted by Crippen LogP contribution is 2.29. The quantitative estimate of drug-likeness (QED) is 0.670. The normalized spacial score (nSPS) is 18.8. The van der Waals surface area contributed by atoms with Crippen LogP contribution < -0.4 is 0 Å². The Balaban J connectivity index is 1.35. The lowest BCUT2D eigenvalue weighted by molar-refractivity contribution is 0.0728. The third-order valence-corrected chi connectivity index (χ3v) is 6.46. The molecule has 152 valence electrons. The predicted molar refractivity (Wildman–Crippen MR) is 110 cm³/mol. The summed E-state index contributed by atoms with van der Waals surface area (Å²) >= 11 is 0. The van der Waals surface area contributed by atoms with E-state index in [0.29, 0.717) is 24.8 Å². The number of amides is 1. The van der Waals surface area contributed by atoms with Gasteiger partial charge in [0.15, 0.2) is 5.76 Å². The molecule has 7 nitrogen and oxygen atoms in total. The molecular formula is C22H27N5O2. The Morgan fingerprint density at radius 1 is 1.07 bits per heavy atom. The molecule has 2 aromatic heterocycles. The average Bonchev–Trinajstić information content (AvgIpc) is 3.22. The number of para-hydroxylation sites is 1. The van der Waals surface area contributed by atoms with Crippen molar-refractivity contribution in [3.8, 4) is 0 Å². The van der Waals surface area contributed by atoms with E-state index in [-0.39, 0.29) is 5.91 Å². The fraction of sp³-hybridized carbons (Fsp3) is 0.500. The van der Waals surface area contributed by atoms with E-state index >= 15 is 0 Å². The van der Waals surface area contributed by atoms with Crippen molar-refractivity contribution in [1.82, 2.24) is 24.6 Å². The first-order chi connectivity index (χ1) is 14.1. The van der Waals surface area contributed by atoms with Gasteiger partial charge in [-0.25, -0.2) is 0 Å². The molecule has 4 heterocycles. The SMILES string of the molecule is Cc1c(C(=O)N2CCc3nnc(C4CCN(C)CC4)n3CC2)oc2ccccc12. The van der Waals surface area contributed by atoms with Gasteiger partial charge in [0.25, 0.3) is 5.91 Å². The second-order valence-electron chi connectivity index (χ2n) is 8.30. The molecule has 29 heavy (non-hydrogen) atoms. The molecule has 7 heteroatoms. The van der Waals surface area contributed by atoms with Crippen LogP contribution in [0.2, 0.25) is 0 Å². The summed E-state index contributed by atoms with van der Waals surface area (Å²) in [5.41, 5.74) is 1.69. The second kappa shape index (κ2) is 7.30. The Kier molecular flexibility index (Phi) is 4.62. The first-order valence-electron chi connectivity index (χ1n) is 10.5. The number of rotatable bonds is 2. The number of nitrogens with zero attached hydrogens (tertiary/aromatic N) is 5. The molecule has 0 saturated carbocycles. The Morgan fingerprint density at radius 3 is 2.66 bits per heavy atom. The molecule has 0 spiro atoms. The molecule has 1 fully saturated rings. The van der Waals surface area contributed by atoms with Crippen LogP contribution in [-0.2, 0) is 13.0 Å². The molecule has 2 aliphatic heterocycles. The highest BCUT2D eigenvalue weighted by atomic mass is 16.3. The molecule has 0 unspecified atom stereocenters. The van der Waals surface area contributed by atoms with E-state index < -0.39 is 0 Å². The number of aromatic nitrogens is 3. The van der Waals surface area contributed by atoms with Crippen LogP contribution in [0.4, 0.5) is 0 Å². The highest BCUT2D eigenvalue weighted by molar-refractivity contribution is 5.98. The van der Waals surface area contributed by atoms with Gasteiger partial charge in [0.05, 0.1) is 0 Å². The van der Waals surface area contributed by atoms with E-state index in [2.05, 4.69) is 26.7 Å². The molecule has 5 rings (SSSR count). The van der Waals surface area contributed by atoms with Crippen molar-refractivity contribution in [3.63, 3.8) is 0 Å². The van der Waals surface area contributed by atoms with E-state index in [1.807, 2.05) is 36.1 Å². The summed E-state index contributed by atoms with van der Waals surface area (Å²) in [5, 5.41) is 10.0. The van der Waals surface area contributed by atoms with Crippen LogP contribution in [0.1, 0.15) is 46.5 Å². The van der Waals surface area contributed by atoms with Crippen LogP contribution in [0.5, 0.6) is 0 Å². The molecule has 2 aliphatic rings. The van der Waals surface area contributed by atoms with Crippen molar-refractivity contribution >= 4 is 16.9 Å². The largest absolute Gasteiger partial charge is 0.451 e. The summed E-state index contributed by atoms with van der Waals surface area (Å²) in [4.78, 5) is 17.5. The van der Waals surface area contributed by atoms with E-state index in [4.69, 9.17) is 4.42 Å². The summed E-state index contributed by atoms with van der Waals surface area (Å²) in [6, 6.07) is 7.82. The summed E-state index contributed by atoms with van der Waals surface area (Å²) < 4.78 is 8.17. The number of carbonyl (C=O) groups excluding carboxylic acids is 1. The molecular weight excluding hydrogens is 366 g/mol. The van der Waals surface area contributed by atoms with Crippen LogP contribution in [0.3, 0.4) is 0 Å². The summed E-state index contributed by atoms with van der Waals surface area (Å²) in [5.74, 6) is 2.99. The van der Waals surface area contributed by atoms with Crippen LogP contribution in [0, 0.1) is 6.92 Å². The molecule has 0 N–H and O–H groups in total. The van der Waals surface area contributed by atoms with Gasteiger partial charge in [0, 0.05) is 42.9 Å². The van der Waals surface area contributed by atoms with Crippen LogP contribution in [0.15, 0.2) is 28.7 Å². The minimum atomic E-state index is -0.0294. The smallest absolute Gasteiger partial charge is 0.289 e. The molecule has 1 amide bonds. The molecule has 0 radical (unpaired) electrons. The number of carbonyl (C=O) groups is 1. The van der Waals surface area contributed by atoms with Crippen LogP contribution in [0.25, 0.3) is 11.0 Å². The number of fused-ring (bicyclic) bond motifs is 2. The van der Waals surface area contributed by atoms with Gasteiger partial charge in [-0.2, -0.15) is 0 Å². The van der Waals surface area contributed by atoms with Crippen molar-refractivity contribution in [2.75, 3.05) is 33.2 Å². The number of piperidine rings is 1. The number of likely N-dealkylation sites (tertiary alicyclic amines) is 1. The Morgan fingerprint density at radius 2 is 1.86 bits per heavy atom. The van der Waals surface area contributed by atoms with Gasteiger partial charge in [0.1, 0.15) is 17.2 Å². The van der Waals surface area contributed by atoms with Crippen molar-refractivity contribution in [1.29, 1.82) is 0 Å². The highest BCUT2D eigenvalue weighted by Gasteiger charge is 2.29. The Labute approximate surface area is 170 Å². The van der Waals surface area contributed by atoms with Crippen LogP contribution >= 0.6 is 0 Å². The first kappa shape index (κ1) is 18.4. The van der Waals surface area contributed by atoms with Crippen LogP contribution in [-0.4, -0.2) is 63.7 Å². The van der Waals surface area contributed by atoms with Gasteiger partial charge in [-0.05, 0) is 46.0 Å². The standard InChI is InChI=1S/C22H27N5O2/c1-15-17-5-3-4-6-18(17)29-20(15)22(28)26-12-9-19-23-24-21(27(19)14-13-26)16-7-10-25(2)11-8-16/h3-6,16H,7-14H2,1-2H3. The lowest BCUT2D eigenvalue weighted by Gasteiger charge is -2.28. The molecule has 0 atom stereocenters. The predicted octanol–water partition coefficient (Wildman–Crippen LogP) is 2.84. The monoisotopic (exact) mass is 393 g/mol. The van der Waals surface area contributed by atoms with Gasteiger partial charge in [-0.1, -0.05) is 18.2 Å². The Bertz CT molecular complexity index is 1040. The van der Waals surface area contributed by atoms with Crippen molar-refractivity contribution < 1.29 is 9.21 Å². The van der Waals surface area contributed by atoms with Gasteiger partial charge < -0.3 is 18.8 Å². The minimum absolute atomic E-state index is 0.0294. The topological polar surface area (TPSA) is 67.4 Å². The zero-order valence-electron chi connectivity index (χ0n) is 17.1. The van der Waals surface area contributed by atoms with Crippen molar-refractivity contribution in [2.24, 2.45) is 0 Å². The maximum atomic E-state index is 13.2. The van der Waals surface area contributed by atoms with Gasteiger partial charge >= 0.3 is 0 Å². The molecule has 1 aromatic carbocycles. The lowest BCUT2D eigenvalue weighted by Crippen LogP contribution is -2.34. The zero-order chi connectivity index (χ0) is 20.0. The summed E-state index contributed by atoms with van der Waals surface area (Å²) in [7, 11) is 2.17. The molecule has 3 aromatic rings. The lowest BCUT2D eigenvalue weighted by atomic mass is 9.96.